The number of fused-ring (bicyclic) bond motifs is 5. The zero-order valence-corrected chi connectivity index (χ0v) is 35.0. The third-order valence-corrected chi connectivity index (χ3v) is 12.1. The number of likely N-dealkylation sites (tertiary alicyclic amines) is 2. The number of hydrogen-bond acceptors (Lipinski definition) is 8. The van der Waals surface area contributed by atoms with Crippen molar-refractivity contribution in [2.75, 3.05) is 20.2 Å². The van der Waals surface area contributed by atoms with Crippen LogP contribution in [0.4, 0.5) is 9.59 Å². The van der Waals surface area contributed by atoms with Gasteiger partial charge in [-0.05, 0) is 81.7 Å². The number of nitrogens with one attached hydrogen (secondary N) is 4. The Bertz CT molecular complexity index is 2460. The van der Waals surface area contributed by atoms with Gasteiger partial charge < -0.3 is 49.5 Å². The molecular weight excluding hydrogens is 767 g/mol. The Kier molecular flexibility index (Phi) is 10.6. The normalized spacial score (nSPS) is 19.2. The van der Waals surface area contributed by atoms with Crippen molar-refractivity contribution in [2.45, 2.75) is 97.1 Å². The first kappa shape index (κ1) is 40.5. The van der Waals surface area contributed by atoms with Crippen molar-refractivity contribution in [1.29, 1.82) is 0 Å². The van der Waals surface area contributed by atoms with E-state index in [0.717, 1.165) is 76.1 Å². The Balaban J connectivity index is 1.03. The molecule has 3 aliphatic heterocycles. The maximum Gasteiger partial charge on any atom is 0.407 e. The second-order valence-electron chi connectivity index (χ2n) is 17.2. The number of amides is 4. The molecule has 0 radical (unpaired) electrons. The number of aromatic amines is 2. The van der Waals surface area contributed by atoms with E-state index >= 15 is 0 Å². The van der Waals surface area contributed by atoms with E-state index in [1.54, 1.807) is 22.2 Å². The molecule has 2 saturated heterocycles. The van der Waals surface area contributed by atoms with Gasteiger partial charge in [0.05, 0.1) is 54.2 Å². The molecule has 0 spiro atoms. The topological polar surface area (TPSA) is 200 Å². The molecular formula is C44H53N9O7. The van der Waals surface area contributed by atoms with Gasteiger partial charge in [0, 0.05) is 35.2 Å². The average molecular weight is 820 g/mol. The van der Waals surface area contributed by atoms with E-state index in [1.165, 1.54) is 7.11 Å². The van der Waals surface area contributed by atoms with Gasteiger partial charge in [-0.25, -0.2) is 19.6 Å². The Morgan fingerprint density at radius 2 is 1.37 bits per heavy atom. The van der Waals surface area contributed by atoms with Gasteiger partial charge in [0.25, 0.3) is 0 Å². The zero-order chi connectivity index (χ0) is 42.6. The fourth-order valence-electron chi connectivity index (χ4n) is 9.10. The SMILES string of the molecule is COC(=O)N[C@H](C(=O)N1CCC[C@H]1c1ncc(-c2ccc3c(c2)OC(C)(C)n2c-3cc3cc(-c4cnc([C@@H]5CCCN5C(=O)[C@@H](NC(=O)O)C(C)C)[nH]4)ccc32)[nH]1)C(C)C. The predicted molar refractivity (Wildman–Crippen MR) is 224 cm³/mol. The molecule has 5 N–H and O–H groups in total. The summed E-state index contributed by atoms with van der Waals surface area (Å²) in [6.45, 7) is 12.7. The summed E-state index contributed by atoms with van der Waals surface area (Å²) in [5.74, 6) is 1.38. The number of nitrogens with zero attached hydrogens (tertiary/aromatic N) is 5. The van der Waals surface area contributed by atoms with Crippen LogP contribution in [-0.2, 0) is 20.1 Å². The lowest BCUT2D eigenvalue weighted by atomic mass is 10.0. The van der Waals surface area contributed by atoms with Gasteiger partial charge in [-0.15, -0.1) is 0 Å². The number of H-pyrrole nitrogens is 2. The van der Waals surface area contributed by atoms with Crippen LogP contribution in [0.5, 0.6) is 5.75 Å². The Labute approximate surface area is 348 Å². The lowest BCUT2D eigenvalue weighted by Gasteiger charge is -2.36. The van der Waals surface area contributed by atoms with Crippen LogP contribution in [0.1, 0.15) is 91.0 Å². The third kappa shape index (κ3) is 7.32. The minimum Gasteiger partial charge on any atom is -0.467 e. The van der Waals surface area contributed by atoms with E-state index in [0.29, 0.717) is 24.7 Å². The molecule has 0 bridgehead atoms. The molecule has 60 heavy (non-hydrogen) atoms. The first-order valence-electron chi connectivity index (χ1n) is 20.7. The number of alkyl carbamates (subject to hydrolysis) is 1. The van der Waals surface area contributed by atoms with Gasteiger partial charge in [0.2, 0.25) is 11.8 Å². The van der Waals surface area contributed by atoms with Crippen molar-refractivity contribution < 1.29 is 33.8 Å². The van der Waals surface area contributed by atoms with Gasteiger partial charge in [-0.1, -0.05) is 39.8 Å². The maximum absolute atomic E-state index is 13.7. The van der Waals surface area contributed by atoms with Crippen LogP contribution < -0.4 is 15.4 Å². The van der Waals surface area contributed by atoms with Gasteiger partial charge in [0.1, 0.15) is 29.5 Å². The second kappa shape index (κ2) is 15.7. The number of ether oxygens (including phenoxy) is 2. The van der Waals surface area contributed by atoms with Crippen LogP contribution in [-0.4, -0.2) is 95.7 Å². The van der Waals surface area contributed by atoms with E-state index in [4.69, 9.17) is 19.4 Å². The third-order valence-electron chi connectivity index (χ3n) is 12.1. The number of rotatable bonds is 10. The molecule has 316 valence electrons. The van der Waals surface area contributed by atoms with Crippen molar-refractivity contribution in [1.82, 2.24) is 44.9 Å². The average Bonchev–Trinajstić information content (AvgIpc) is 4.06. The molecule has 16 nitrogen and oxygen atoms in total. The molecule has 6 heterocycles. The first-order chi connectivity index (χ1) is 28.6. The van der Waals surface area contributed by atoms with Gasteiger partial charge in [0.15, 0.2) is 5.72 Å². The predicted octanol–water partition coefficient (Wildman–Crippen LogP) is 7.17. The van der Waals surface area contributed by atoms with Crippen molar-refractivity contribution in [3.05, 3.63) is 66.5 Å². The summed E-state index contributed by atoms with van der Waals surface area (Å²) in [4.78, 5) is 70.6. The number of imidazole rings is 2. The van der Waals surface area contributed by atoms with Crippen LogP contribution in [0.3, 0.4) is 0 Å². The van der Waals surface area contributed by atoms with Gasteiger partial charge in [-0.2, -0.15) is 0 Å². The van der Waals surface area contributed by atoms with Crippen LogP contribution in [0.25, 0.3) is 44.7 Å². The summed E-state index contributed by atoms with van der Waals surface area (Å²) in [6, 6.07) is 12.5. The number of benzene rings is 2. The number of methoxy groups -OCH3 is 1. The van der Waals surface area contributed by atoms with Gasteiger partial charge in [-0.3, -0.25) is 9.59 Å². The first-order valence-corrected chi connectivity index (χ1v) is 20.7. The smallest absolute Gasteiger partial charge is 0.407 e. The number of carbonyl (C=O) groups is 4. The standard InChI is InChI=1S/C44H53N9O7/c1-23(2)36(49-42(56)57)40(54)51-16-8-10-32(51)38-45-21-29(47-38)25-13-15-31-27(18-25)19-34-28-14-12-26(20-35(28)60-44(5,6)53(31)34)30-22-46-39(48-30)33-11-9-17-52(33)41(55)37(24(3)4)50-43(58)59-7/h12-15,18-24,32-33,36-37,49H,8-11,16-17H2,1-7H3,(H,45,47)(H,46,48)(H,50,58)(H,56,57)/t32-,33-,36-,37-/m0/s1. The molecule has 0 saturated carbocycles. The molecule has 3 aromatic heterocycles. The van der Waals surface area contributed by atoms with Crippen molar-refractivity contribution in [3.8, 4) is 39.5 Å². The molecule has 4 atom stereocenters. The number of aromatic nitrogens is 5. The van der Waals surface area contributed by atoms with Crippen LogP contribution >= 0.6 is 0 Å². The summed E-state index contributed by atoms with van der Waals surface area (Å²) >= 11 is 0. The van der Waals surface area contributed by atoms with E-state index < -0.39 is 30.0 Å². The Morgan fingerprint density at radius 1 is 0.817 bits per heavy atom. The summed E-state index contributed by atoms with van der Waals surface area (Å²) in [7, 11) is 1.29. The molecule has 4 amide bonds. The van der Waals surface area contributed by atoms with E-state index in [2.05, 4.69) is 55.5 Å². The highest BCUT2D eigenvalue weighted by Crippen LogP contribution is 2.46. The monoisotopic (exact) mass is 819 g/mol. The molecule has 0 unspecified atom stereocenters. The molecule has 2 fully saturated rings. The lowest BCUT2D eigenvalue weighted by molar-refractivity contribution is -0.136. The van der Waals surface area contributed by atoms with Gasteiger partial charge >= 0.3 is 12.2 Å². The van der Waals surface area contributed by atoms with Crippen LogP contribution in [0.2, 0.25) is 0 Å². The molecule has 16 heteroatoms. The van der Waals surface area contributed by atoms with Crippen molar-refractivity contribution >= 4 is 34.9 Å². The van der Waals surface area contributed by atoms with Crippen LogP contribution in [0.15, 0.2) is 54.9 Å². The Hall–Kier alpha value is -6.32. The van der Waals surface area contributed by atoms with Crippen LogP contribution in [0, 0.1) is 11.8 Å². The molecule has 8 rings (SSSR count). The zero-order valence-electron chi connectivity index (χ0n) is 35.0. The number of carboxylic acid groups (broad SMARTS) is 1. The molecule has 0 aliphatic carbocycles. The van der Waals surface area contributed by atoms with E-state index in [9.17, 15) is 24.3 Å². The lowest BCUT2D eigenvalue weighted by Crippen LogP contribution is -2.51. The summed E-state index contributed by atoms with van der Waals surface area (Å²) < 4.78 is 13.7. The maximum atomic E-state index is 13.7. The summed E-state index contributed by atoms with van der Waals surface area (Å²) in [6.07, 6.45) is 4.84. The highest BCUT2D eigenvalue weighted by Gasteiger charge is 2.40. The summed E-state index contributed by atoms with van der Waals surface area (Å²) in [5, 5.41) is 15.5. The fraction of sp³-hybridized carbons (Fsp3) is 0.455. The highest BCUT2D eigenvalue weighted by molar-refractivity contribution is 5.93. The largest absolute Gasteiger partial charge is 0.467 e. The molecule has 3 aliphatic rings. The minimum absolute atomic E-state index is 0.126. The second-order valence-corrected chi connectivity index (χ2v) is 17.2. The summed E-state index contributed by atoms with van der Waals surface area (Å²) in [5.41, 5.74) is 5.73. The number of hydrogen-bond donors (Lipinski definition) is 5. The van der Waals surface area contributed by atoms with Crippen molar-refractivity contribution in [2.24, 2.45) is 11.8 Å². The molecule has 2 aromatic carbocycles. The Morgan fingerprint density at radius 3 is 1.92 bits per heavy atom. The quantitative estimate of drug-likeness (QED) is 0.0969. The molecule has 5 aromatic rings. The number of carbonyl (C=O) groups excluding carboxylic acids is 3. The fourth-order valence-corrected chi connectivity index (χ4v) is 9.10. The van der Waals surface area contributed by atoms with E-state index in [-0.39, 0.29) is 35.7 Å². The van der Waals surface area contributed by atoms with E-state index in [1.807, 2.05) is 53.7 Å². The highest BCUT2D eigenvalue weighted by atomic mass is 16.5. The van der Waals surface area contributed by atoms with Crippen molar-refractivity contribution in [3.63, 3.8) is 0 Å². The minimum atomic E-state index is -1.22.